The Bertz CT molecular complexity index is 1040. The first-order valence-electron chi connectivity index (χ1n) is 7.09. The predicted molar refractivity (Wildman–Crippen MR) is 91.8 cm³/mol. The predicted octanol–water partition coefficient (Wildman–Crippen LogP) is 3.80. The van der Waals surface area contributed by atoms with Gasteiger partial charge in [-0.15, -0.1) is 11.3 Å². The number of aromatic nitrogens is 3. The van der Waals surface area contributed by atoms with E-state index in [9.17, 15) is 4.79 Å². The maximum Gasteiger partial charge on any atom is 0.275 e. The first-order valence-corrected chi connectivity index (χ1v) is 7.91. The molecule has 2 aromatic carbocycles. The SMILES string of the molecule is Cc1nc2ccc(NC(=O)c3cnc4ccccc4n3)cc2s1. The fourth-order valence-corrected chi connectivity index (χ4v) is 3.25. The Labute approximate surface area is 136 Å². The van der Waals surface area contributed by atoms with Crippen molar-refractivity contribution in [3.8, 4) is 0 Å². The van der Waals surface area contributed by atoms with Crippen LogP contribution in [0.25, 0.3) is 21.3 Å². The van der Waals surface area contributed by atoms with Crippen molar-refractivity contribution < 1.29 is 4.79 Å². The number of fused-ring (bicyclic) bond motifs is 2. The van der Waals surface area contributed by atoms with Crippen molar-refractivity contribution in [3.63, 3.8) is 0 Å². The highest BCUT2D eigenvalue weighted by molar-refractivity contribution is 7.18. The summed E-state index contributed by atoms with van der Waals surface area (Å²) in [4.78, 5) is 25.4. The number of nitrogens with zero attached hydrogens (tertiary/aromatic N) is 3. The lowest BCUT2D eigenvalue weighted by molar-refractivity contribution is 0.102. The summed E-state index contributed by atoms with van der Waals surface area (Å²) < 4.78 is 1.05. The Morgan fingerprint density at radius 1 is 1.04 bits per heavy atom. The molecule has 2 heterocycles. The third kappa shape index (κ3) is 2.64. The van der Waals surface area contributed by atoms with Crippen LogP contribution in [0.3, 0.4) is 0 Å². The number of thiazole rings is 1. The van der Waals surface area contributed by atoms with Crippen molar-refractivity contribution in [1.82, 2.24) is 15.0 Å². The Balaban J connectivity index is 1.64. The van der Waals surface area contributed by atoms with Crippen LogP contribution in [-0.2, 0) is 0 Å². The molecule has 4 rings (SSSR count). The number of carbonyl (C=O) groups excluding carboxylic acids is 1. The fourth-order valence-electron chi connectivity index (χ4n) is 2.38. The van der Waals surface area contributed by atoms with Gasteiger partial charge < -0.3 is 5.32 Å². The van der Waals surface area contributed by atoms with Crippen LogP contribution in [0.15, 0.2) is 48.7 Å². The quantitative estimate of drug-likeness (QED) is 0.610. The Kier molecular flexibility index (Phi) is 3.24. The van der Waals surface area contributed by atoms with Crippen molar-refractivity contribution in [1.29, 1.82) is 0 Å². The summed E-state index contributed by atoms with van der Waals surface area (Å²) in [6, 6.07) is 13.1. The lowest BCUT2D eigenvalue weighted by Gasteiger charge is -2.05. The maximum absolute atomic E-state index is 12.4. The number of rotatable bonds is 2. The highest BCUT2D eigenvalue weighted by atomic mass is 32.1. The fraction of sp³-hybridized carbons (Fsp3) is 0.0588. The number of amides is 1. The largest absolute Gasteiger partial charge is 0.321 e. The van der Waals surface area contributed by atoms with Gasteiger partial charge in [0.15, 0.2) is 0 Å². The van der Waals surface area contributed by atoms with Gasteiger partial charge in [-0.25, -0.2) is 9.97 Å². The second-order valence-electron chi connectivity index (χ2n) is 5.11. The van der Waals surface area contributed by atoms with Crippen molar-refractivity contribution in [2.45, 2.75) is 6.92 Å². The molecule has 112 valence electrons. The van der Waals surface area contributed by atoms with Gasteiger partial charge in [0.25, 0.3) is 5.91 Å². The summed E-state index contributed by atoms with van der Waals surface area (Å²) in [7, 11) is 0. The highest BCUT2D eigenvalue weighted by Crippen LogP contribution is 2.25. The van der Waals surface area contributed by atoms with Crippen LogP contribution in [0, 0.1) is 6.92 Å². The number of carbonyl (C=O) groups is 1. The molecule has 0 atom stereocenters. The molecule has 0 unspecified atom stereocenters. The molecule has 0 aliphatic heterocycles. The van der Waals surface area contributed by atoms with Gasteiger partial charge in [-0.1, -0.05) is 12.1 Å². The van der Waals surface area contributed by atoms with E-state index in [1.165, 1.54) is 6.20 Å². The molecule has 0 saturated heterocycles. The van der Waals surface area contributed by atoms with E-state index in [2.05, 4.69) is 20.3 Å². The van der Waals surface area contributed by atoms with Gasteiger partial charge in [0.2, 0.25) is 0 Å². The van der Waals surface area contributed by atoms with Gasteiger partial charge >= 0.3 is 0 Å². The summed E-state index contributed by atoms with van der Waals surface area (Å²) >= 11 is 1.60. The molecule has 4 aromatic rings. The van der Waals surface area contributed by atoms with E-state index in [0.29, 0.717) is 11.2 Å². The zero-order valence-electron chi connectivity index (χ0n) is 12.3. The van der Waals surface area contributed by atoms with Gasteiger partial charge in [-0.05, 0) is 37.3 Å². The van der Waals surface area contributed by atoms with Gasteiger partial charge in [-0.2, -0.15) is 0 Å². The van der Waals surface area contributed by atoms with Gasteiger partial charge in [0.1, 0.15) is 5.69 Å². The summed E-state index contributed by atoms with van der Waals surface area (Å²) in [5.41, 5.74) is 3.43. The normalized spacial score (nSPS) is 11.0. The lowest BCUT2D eigenvalue weighted by atomic mass is 10.2. The first kappa shape index (κ1) is 13.8. The van der Waals surface area contributed by atoms with Gasteiger partial charge in [-0.3, -0.25) is 9.78 Å². The van der Waals surface area contributed by atoms with E-state index in [1.54, 1.807) is 11.3 Å². The number of nitrogens with one attached hydrogen (secondary N) is 1. The number of anilines is 1. The molecule has 5 nitrogen and oxygen atoms in total. The number of hydrogen-bond acceptors (Lipinski definition) is 5. The van der Waals surface area contributed by atoms with Crippen LogP contribution in [-0.4, -0.2) is 20.9 Å². The third-order valence-electron chi connectivity index (χ3n) is 3.43. The van der Waals surface area contributed by atoms with Crippen LogP contribution in [0.2, 0.25) is 0 Å². The van der Waals surface area contributed by atoms with Gasteiger partial charge in [0, 0.05) is 5.69 Å². The summed E-state index contributed by atoms with van der Waals surface area (Å²) in [5, 5.41) is 3.87. The van der Waals surface area contributed by atoms with Crippen LogP contribution >= 0.6 is 11.3 Å². The maximum atomic E-state index is 12.4. The number of para-hydroxylation sites is 2. The molecular weight excluding hydrogens is 308 g/mol. The minimum atomic E-state index is -0.274. The molecule has 23 heavy (non-hydrogen) atoms. The monoisotopic (exact) mass is 320 g/mol. The van der Waals surface area contributed by atoms with Crippen molar-refractivity contribution in [2.75, 3.05) is 5.32 Å². The second kappa shape index (κ2) is 5.40. The van der Waals surface area contributed by atoms with Gasteiger partial charge in [0.05, 0.1) is 32.5 Å². The summed E-state index contributed by atoms with van der Waals surface area (Å²) in [6.45, 7) is 1.97. The molecule has 1 N–H and O–H groups in total. The molecule has 0 aliphatic rings. The smallest absolute Gasteiger partial charge is 0.275 e. The molecule has 0 aliphatic carbocycles. The van der Waals surface area contributed by atoms with Crippen molar-refractivity contribution in [3.05, 3.63) is 59.4 Å². The standard InChI is InChI=1S/C17H12N4OS/c1-10-19-14-7-6-11(8-16(14)23-10)20-17(22)15-9-18-12-4-2-3-5-13(12)21-15/h2-9H,1H3,(H,20,22). The molecule has 1 amide bonds. The lowest BCUT2D eigenvalue weighted by Crippen LogP contribution is -2.14. The minimum absolute atomic E-state index is 0.274. The van der Waals surface area contributed by atoms with Crippen molar-refractivity contribution >= 4 is 44.2 Å². The summed E-state index contributed by atoms with van der Waals surface area (Å²) in [6.07, 6.45) is 1.49. The zero-order valence-corrected chi connectivity index (χ0v) is 13.1. The molecule has 0 spiro atoms. The van der Waals surface area contributed by atoms with E-state index < -0.39 is 0 Å². The number of benzene rings is 2. The van der Waals surface area contributed by atoms with E-state index >= 15 is 0 Å². The average molecular weight is 320 g/mol. The third-order valence-corrected chi connectivity index (χ3v) is 4.37. The molecule has 2 aromatic heterocycles. The van der Waals surface area contributed by atoms with Crippen LogP contribution in [0.5, 0.6) is 0 Å². The molecule has 0 bridgehead atoms. The van der Waals surface area contributed by atoms with Crippen molar-refractivity contribution in [2.24, 2.45) is 0 Å². The molecule has 0 radical (unpaired) electrons. The second-order valence-corrected chi connectivity index (χ2v) is 6.35. The average Bonchev–Trinajstić information content (AvgIpc) is 2.93. The highest BCUT2D eigenvalue weighted by Gasteiger charge is 2.10. The molecule has 6 heteroatoms. The Morgan fingerprint density at radius 2 is 1.87 bits per heavy atom. The van der Waals surface area contributed by atoms with Crippen LogP contribution < -0.4 is 5.32 Å². The van der Waals surface area contributed by atoms with E-state index in [4.69, 9.17) is 0 Å². The molecular formula is C17H12N4OS. The topological polar surface area (TPSA) is 67.8 Å². The number of aryl methyl sites for hydroxylation is 1. The van der Waals surface area contributed by atoms with Crippen LogP contribution in [0.4, 0.5) is 5.69 Å². The Morgan fingerprint density at radius 3 is 2.74 bits per heavy atom. The molecule has 0 fully saturated rings. The minimum Gasteiger partial charge on any atom is -0.321 e. The Hall–Kier alpha value is -2.86. The van der Waals surface area contributed by atoms with Crippen LogP contribution in [0.1, 0.15) is 15.5 Å². The van der Waals surface area contributed by atoms with E-state index in [-0.39, 0.29) is 5.91 Å². The van der Waals surface area contributed by atoms with E-state index in [0.717, 1.165) is 26.4 Å². The number of hydrogen-bond donors (Lipinski definition) is 1. The summed E-state index contributed by atoms with van der Waals surface area (Å²) in [5.74, 6) is -0.274. The first-order chi connectivity index (χ1) is 11.2. The van der Waals surface area contributed by atoms with E-state index in [1.807, 2.05) is 49.4 Å². The zero-order chi connectivity index (χ0) is 15.8. The molecule has 0 saturated carbocycles.